The Kier molecular flexibility index (Phi) is 3.92. The smallest absolute Gasteiger partial charge is 0.423 e. The normalized spacial score (nSPS) is 11.6. The van der Waals surface area contributed by atoms with Gasteiger partial charge in [0.05, 0.1) is 0 Å². The quantitative estimate of drug-likeness (QED) is 0.634. The van der Waals surface area contributed by atoms with Crippen molar-refractivity contribution in [1.29, 1.82) is 0 Å². The first-order chi connectivity index (χ1) is 7.34. The SMILES string of the molecule is CN(C)S(=O)(=O)Oc1ccccc1B(O)O. The van der Waals surface area contributed by atoms with Gasteiger partial charge in [0.25, 0.3) is 0 Å². The van der Waals surface area contributed by atoms with Crippen molar-refractivity contribution in [3.8, 4) is 5.75 Å². The molecule has 0 aliphatic carbocycles. The van der Waals surface area contributed by atoms with Crippen LogP contribution in [0.1, 0.15) is 0 Å². The molecule has 0 aliphatic rings. The van der Waals surface area contributed by atoms with E-state index in [1.54, 1.807) is 6.07 Å². The minimum Gasteiger partial charge on any atom is -0.423 e. The van der Waals surface area contributed by atoms with E-state index in [-0.39, 0.29) is 11.2 Å². The zero-order valence-corrected chi connectivity index (χ0v) is 9.68. The van der Waals surface area contributed by atoms with Crippen molar-refractivity contribution >= 4 is 22.9 Å². The fourth-order valence-electron chi connectivity index (χ4n) is 0.958. The number of rotatable bonds is 4. The van der Waals surface area contributed by atoms with Crippen molar-refractivity contribution in [2.24, 2.45) is 0 Å². The summed E-state index contributed by atoms with van der Waals surface area (Å²) in [6.45, 7) is 0. The molecule has 0 radical (unpaired) electrons. The van der Waals surface area contributed by atoms with Crippen LogP contribution in [0.15, 0.2) is 24.3 Å². The molecule has 8 heteroatoms. The molecule has 0 aromatic heterocycles. The second-order valence-electron chi connectivity index (χ2n) is 3.23. The number of hydrogen-bond donors (Lipinski definition) is 2. The fourth-order valence-corrected chi connectivity index (χ4v) is 1.49. The summed E-state index contributed by atoms with van der Waals surface area (Å²) in [5.41, 5.74) is -0.00655. The van der Waals surface area contributed by atoms with Gasteiger partial charge in [-0.25, -0.2) is 0 Å². The van der Waals surface area contributed by atoms with Crippen molar-refractivity contribution in [2.45, 2.75) is 0 Å². The Labute approximate surface area is 94.5 Å². The summed E-state index contributed by atoms with van der Waals surface area (Å²) in [5, 5.41) is 18.0. The molecule has 0 saturated carbocycles. The third kappa shape index (κ3) is 2.95. The number of para-hydroxylation sites is 1. The monoisotopic (exact) mass is 245 g/mol. The van der Waals surface area contributed by atoms with Gasteiger partial charge in [-0.15, -0.1) is 0 Å². The van der Waals surface area contributed by atoms with E-state index in [1.165, 1.54) is 32.3 Å². The maximum atomic E-state index is 11.4. The lowest BCUT2D eigenvalue weighted by atomic mass is 9.80. The van der Waals surface area contributed by atoms with E-state index in [4.69, 9.17) is 14.2 Å². The van der Waals surface area contributed by atoms with Crippen LogP contribution in [0.4, 0.5) is 0 Å². The lowest BCUT2D eigenvalue weighted by molar-refractivity contribution is 0.413. The summed E-state index contributed by atoms with van der Waals surface area (Å²) in [6.07, 6.45) is 0. The van der Waals surface area contributed by atoms with Crippen LogP contribution < -0.4 is 9.65 Å². The molecule has 0 unspecified atom stereocenters. The van der Waals surface area contributed by atoms with Gasteiger partial charge in [0.2, 0.25) is 0 Å². The van der Waals surface area contributed by atoms with Gasteiger partial charge in [-0.05, 0) is 6.07 Å². The molecule has 1 aromatic carbocycles. The molecule has 0 amide bonds. The minimum atomic E-state index is -3.90. The first-order valence-corrected chi connectivity index (χ1v) is 5.78. The van der Waals surface area contributed by atoms with Gasteiger partial charge in [-0.3, -0.25) is 0 Å². The van der Waals surface area contributed by atoms with Crippen LogP contribution >= 0.6 is 0 Å². The van der Waals surface area contributed by atoms with Crippen molar-refractivity contribution in [1.82, 2.24) is 4.31 Å². The summed E-state index contributed by atoms with van der Waals surface area (Å²) in [6, 6.07) is 5.79. The van der Waals surface area contributed by atoms with E-state index < -0.39 is 17.4 Å². The highest BCUT2D eigenvalue weighted by molar-refractivity contribution is 7.84. The van der Waals surface area contributed by atoms with E-state index in [0.717, 1.165) is 4.31 Å². The van der Waals surface area contributed by atoms with Crippen molar-refractivity contribution < 1.29 is 22.6 Å². The molecule has 0 saturated heterocycles. The van der Waals surface area contributed by atoms with Crippen molar-refractivity contribution in [3.05, 3.63) is 24.3 Å². The van der Waals surface area contributed by atoms with Gasteiger partial charge in [0, 0.05) is 19.6 Å². The number of hydrogen-bond acceptors (Lipinski definition) is 5. The lowest BCUT2D eigenvalue weighted by Crippen LogP contribution is -2.34. The Hall–Kier alpha value is -1.09. The number of benzene rings is 1. The first kappa shape index (κ1) is 13.0. The maximum Gasteiger partial charge on any atom is 0.492 e. The predicted octanol–water partition coefficient (Wildman–Crippen LogP) is -1.45. The molecule has 1 aromatic rings. The molecule has 88 valence electrons. The highest BCUT2D eigenvalue weighted by atomic mass is 32.2. The highest BCUT2D eigenvalue weighted by Crippen LogP contribution is 2.11. The van der Waals surface area contributed by atoms with Gasteiger partial charge in [0.15, 0.2) is 0 Å². The minimum absolute atomic E-state index is 0.00655. The van der Waals surface area contributed by atoms with Crippen molar-refractivity contribution in [2.75, 3.05) is 14.1 Å². The molecular formula is C8H12BNO5S. The van der Waals surface area contributed by atoms with Gasteiger partial charge in [0.1, 0.15) is 5.75 Å². The van der Waals surface area contributed by atoms with Crippen LogP contribution in [-0.4, -0.2) is 44.0 Å². The Bertz CT molecular complexity index is 459. The number of nitrogens with zero attached hydrogens (tertiary/aromatic N) is 1. The molecule has 0 fully saturated rings. The van der Waals surface area contributed by atoms with Gasteiger partial charge < -0.3 is 14.2 Å². The Morgan fingerprint density at radius 1 is 1.25 bits per heavy atom. The molecule has 0 heterocycles. The van der Waals surface area contributed by atoms with Gasteiger partial charge >= 0.3 is 17.4 Å². The average Bonchev–Trinajstić information content (AvgIpc) is 2.17. The summed E-state index contributed by atoms with van der Waals surface area (Å²) in [5.74, 6) is -0.105. The van der Waals surface area contributed by atoms with E-state index >= 15 is 0 Å². The molecule has 1 rings (SSSR count). The summed E-state index contributed by atoms with van der Waals surface area (Å²) in [4.78, 5) is 0. The summed E-state index contributed by atoms with van der Waals surface area (Å²) in [7, 11) is -3.05. The zero-order chi connectivity index (χ0) is 12.3. The summed E-state index contributed by atoms with van der Waals surface area (Å²) < 4.78 is 28.4. The molecule has 6 nitrogen and oxygen atoms in total. The molecule has 0 atom stereocenters. The Morgan fingerprint density at radius 2 is 1.81 bits per heavy atom. The third-order valence-electron chi connectivity index (χ3n) is 1.84. The standard InChI is InChI=1S/C8H12BNO5S/c1-10(2)16(13,14)15-8-6-4-3-5-7(8)9(11)12/h3-6,11-12H,1-2H3. The van der Waals surface area contributed by atoms with Crippen molar-refractivity contribution in [3.63, 3.8) is 0 Å². The van der Waals surface area contributed by atoms with E-state index in [1.807, 2.05) is 0 Å². The van der Waals surface area contributed by atoms with Gasteiger partial charge in [-0.1, -0.05) is 18.2 Å². The topological polar surface area (TPSA) is 87.1 Å². The predicted molar refractivity (Wildman–Crippen MR) is 59.5 cm³/mol. The van der Waals surface area contributed by atoms with E-state index in [9.17, 15) is 8.42 Å². The Morgan fingerprint density at radius 3 is 2.31 bits per heavy atom. The molecular weight excluding hydrogens is 233 g/mol. The molecule has 0 aliphatic heterocycles. The fraction of sp³-hybridized carbons (Fsp3) is 0.250. The highest BCUT2D eigenvalue weighted by Gasteiger charge is 2.22. The van der Waals surface area contributed by atoms with Gasteiger partial charge in [-0.2, -0.15) is 12.7 Å². The summed E-state index contributed by atoms with van der Waals surface area (Å²) >= 11 is 0. The second-order valence-corrected chi connectivity index (χ2v) is 4.99. The van der Waals surface area contributed by atoms with E-state index in [2.05, 4.69) is 0 Å². The molecule has 0 bridgehead atoms. The molecule has 0 spiro atoms. The van der Waals surface area contributed by atoms with Crippen LogP contribution in [0.25, 0.3) is 0 Å². The first-order valence-electron chi connectivity index (χ1n) is 4.41. The van der Waals surface area contributed by atoms with E-state index in [0.29, 0.717) is 0 Å². The third-order valence-corrected chi connectivity index (χ3v) is 3.12. The Balaban J connectivity index is 3.07. The lowest BCUT2D eigenvalue weighted by Gasteiger charge is -2.14. The average molecular weight is 245 g/mol. The largest absolute Gasteiger partial charge is 0.492 e. The molecule has 16 heavy (non-hydrogen) atoms. The second kappa shape index (κ2) is 4.83. The van der Waals surface area contributed by atoms with Crippen LogP contribution in [0.2, 0.25) is 0 Å². The molecule has 2 N–H and O–H groups in total. The van der Waals surface area contributed by atoms with Crippen LogP contribution in [-0.2, 0) is 10.3 Å². The van der Waals surface area contributed by atoms with Crippen LogP contribution in [0.5, 0.6) is 5.75 Å². The maximum absolute atomic E-state index is 11.4. The zero-order valence-electron chi connectivity index (χ0n) is 8.86. The van der Waals surface area contributed by atoms with Crippen LogP contribution in [0.3, 0.4) is 0 Å². The van der Waals surface area contributed by atoms with Crippen LogP contribution in [0, 0.1) is 0 Å².